The smallest absolute Gasteiger partial charge is 0.259 e. The molecule has 0 fully saturated rings. The van der Waals surface area contributed by atoms with E-state index in [1.165, 1.54) is 7.11 Å². The van der Waals surface area contributed by atoms with Crippen molar-refractivity contribution >= 4 is 11.6 Å². The van der Waals surface area contributed by atoms with E-state index >= 15 is 0 Å². The van der Waals surface area contributed by atoms with Crippen molar-refractivity contribution in [3.63, 3.8) is 0 Å². The van der Waals surface area contributed by atoms with Crippen LogP contribution in [-0.4, -0.2) is 30.8 Å². The van der Waals surface area contributed by atoms with E-state index < -0.39 is 6.10 Å². The van der Waals surface area contributed by atoms with Crippen LogP contribution < -0.4 is 14.8 Å². The second kappa shape index (κ2) is 8.19. The molecule has 0 aliphatic heterocycles. The van der Waals surface area contributed by atoms with E-state index in [0.29, 0.717) is 29.2 Å². The van der Waals surface area contributed by atoms with Gasteiger partial charge in [0.05, 0.1) is 18.8 Å². The van der Waals surface area contributed by atoms with Gasteiger partial charge >= 0.3 is 0 Å². The highest BCUT2D eigenvalue weighted by Gasteiger charge is 2.11. The van der Waals surface area contributed by atoms with E-state index in [-0.39, 0.29) is 12.5 Å². The molecule has 0 saturated carbocycles. The van der Waals surface area contributed by atoms with Crippen molar-refractivity contribution in [2.45, 2.75) is 19.4 Å². The Hall–Kier alpha value is -2.53. The predicted octanol–water partition coefficient (Wildman–Crippen LogP) is 3.10. The van der Waals surface area contributed by atoms with Gasteiger partial charge in [0, 0.05) is 5.69 Å². The molecular weight excluding hydrogens is 294 g/mol. The summed E-state index contributed by atoms with van der Waals surface area (Å²) in [6, 6.07) is 14.0. The third-order valence-corrected chi connectivity index (χ3v) is 3.38. The quantitative estimate of drug-likeness (QED) is 0.824. The number of amides is 1. The number of aliphatic hydroxyl groups is 1. The van der Waals surface area contributed by atoms with E-state index in [2.05, 4.69) is 5.32 Å². The fraction of sp³-hybridized carbons (Fsp3) is 0.278. The molecule has 0 saturated heterocycles. The molecule has 0 unspecified atom stereocenters. The van der Waals surface area contributed by atoms with Crippen LogP contribution in [0.15, 0.2) is 48.5 Å². The average Bonchev–Trinajstić information content (AvgIpc) is 2.60. The van der Waals surface area contributed by atoms with Crippen molar-refractivity contribution in [1.82, 2.24) is 0 Å². The van der Waals surface area contributed by atoms with Crippen LogP contribution in [0.4, 0.5) is 5.69 Å². The van der Waals surface area contributed by atoms with Gasteiger partial charge in [0.1, 0.15) is 18.1 Å². The molecule has 0 spiro atoms. The highest BCUT2D eigenvalue weighted by Crippen LogP contribution is 2.20. The minimum absolute atomic E-state index is 0.238. The minimum Gasteiger partial charge on any atom is -0.496 e. The van der Waals surface area contributed by atoms with Gasteiger partial charge in [0.2, 0.25) is 0 Å². The number of benzene rings is 2. The topological polar surface area (TPSA) is 67.8 Å². The van der Waals surface area contributed by atoms with Gasteiger partial charge in [0.15, 0.2) is 0 Å². The first-order valence-electron chi connectivity index (χ1n) is 7.49. The van der Waals surface area contributed by atoms with Gasteiger partial charge in [-0.3, -0.25) is 4.79 Å². The number of aliphatic hydroxyl groups excluding tert-OH is 1. The lowest BCUT2D eigenvalue weighted by Crippen LogP contribution is -2.16. The maximum absolute atomic E-state index is 12.3. The molecule has 0 heterocycles. The lowest BCUT2D eigenvalue weighted by Gasteiger charge is -2.12. The number of carbonyl (C=O) groups excluding carboxylic acids is 1. The molecule has 0 aliphatic carbocycles. The van der Waals surface area contributed by atoms with Crippen molar-refractivity contribution < 1.29 is 19.4 Å². The van der Waals surface area contributed by atoms with Gasteiger partial charge in [0.25, 0.3) is 5.91 Å². The van der Waals surface area contributed by atoms with Crippen molar-refractivity contribution in [2.24, 2.45) is 0 Å². The van der Waals surface area contributed by atoms with Gasteiger partial charge < -0.3 is 19.9 Å². The van der Waals surface area contributed by atoms with Gasteiger partial charge in [-0.25, -0.2) is 0 Å². The van der Waals surface area contributed by atoms with Gasteiger partial charge in [-0.1, -0.05) is 19.1 Å². The third-order valence-electron chi connectivity index (χ3n) is 3.38. The third kappa shape index (κ3) is 4.72. The van der Waals surface area contributed by atoms with E-state index in [0.717, 1.165) is 0 Å². The fourth-order valence-corrected chi connectivity index (χ4v) is 1.98. The molecule has 2 aromatic carbocycles. The monoisotopic (exact) mass is 315 g/mol. The normalized spacial score (nSPS) is 11.6. The SMILES string of the molecule is CC[C@H](O)COc1ccc(NC(=O)c2ccccc2OC)cc1. The van der Waals surface area contributed by atoms with Crippen LogP contribution in [0.1, 0.15) is 23.7 Å². The standard InChI is InChI=1S/C18H21NO4/c1-3-14(20)12-23-15-10-8-13(9-11-15)19-18(21)16-6-4-5-7-17(16)22-2/h4-11,14,20H,3,12H2,1-2H3,(H,19,21)/t14-/m0/s1. The summed E-state index contributed by atoms with van der Waals surface area (Å²) in [5, 5.41) is 12.3. The maximum Gasteiger partial charge on any atom is 0.259 e. The molecular formula is C18H21NO4. The summed E-state index contributed by atoms with van der Waals surface area (Å²) >= 11 is 0. The fourth-order valence-electron chi connectivity index (χ4n) is 1.98. The van der Waals surface area contributed by atoms with Gasteiger partial charge in [-0.15, -0.1) is 0 Å². The molecule has 0 aromatic heterocycles. The van der Waals surface area contributed by atoms with E-state index in [4.69, 9.17) is 9.47 Å². The first kappa shape index (κ1) is 16.8. The van der Waals surface area contributed by atoms with Crippen molar-refractivity contribution in [1.29, 1.82) is 0 Å². The Morgan fingerprint density at radius 1 is 1.17 bits per heavy atom. The molecule has 5 nitrogen and oxygen atoms in total. The number of rotatable bonds is 7. The zero-order chi connectivity index (χ0) is 16.7. The molecule has 0 radical (unpaired) electrons. The summed E-state index contributed by atoms with van der Waals surface area (Å²) in [6.45, 7) is 2.15. The van der Waals surface area contributed by atoms with Crippen LogP contribution in [0.3, 0.4) is 0 Å². The van der Waals surface area contributed by atoms with Crippen LogP contribution in [0.2, 0.25) is 0 Å². The lowest BCUT2D eigenvalue weighted by atomic mass is 10.2. The van der Waals surface area contributed by atoms with Crippen LogP contribution in [0.5, 0.6) is 11.5 Å². The molecule has 1 amide bonds. The Balaban J connectivity index is 1.99. The molecule has 2 rings (SSSR count). The Morgan fingerprint density at radius 3 is 2.52 bits per heavy atom. The first-order valence-corrected chi connectivity index (χ1v) is 7.49. The Bertz CT molecular complexity index is 640. The number of hydrogen-bond donors (Lipinski definition) is 2. The molecule has 0 bridgehead atoms. The number of anilines is 1. The molecule has 23 heavy (non-hydrogen) atoms. The molecule has 1 atom stereocenters. The van der Waals surface area contributed by atoms with Crippen molar-refractivity contribution in [3.8, 4) is 11.5 Å². The van der Waals surface area contributed by atoms with Gasteiger partial charge in [-0.05, 0) is 42.8 Å². The highest BCUT2D eigenvalue weighted by molar-refractivity contribution is 6.06. The van der Waals surface area contributed by atoms with E-state index in [9.17, 15) is 9.90 Å². The first-order chi connectivity index (χ1) is 11.1. The maximum atomic E-state index is 12.3. The summed E-state index contributed by atoms with van der Waals surface area (Å²) < 4.78 is 10.6. The number of methoxy groups -OCH3 is 1. The Kier molecular flexibility index (Phi) is 6.00. The lowest BCUT2D eigenvalue weighted by molar-refractivity contribution is 0.102. The number of ether oxygens (including phenoxy) is 2. The van der Waals surface area contributed by atoms with Crippen molar-refractivity contribution in [2.75, 3.05) is 19.0 Å². The van der Waals surface area contributed by atoms with Crippen LogP contribution >= 0.6 is 0 Å². The van der Waals surface area contributed by atoms with Crippen LogP contribution in [0.25, 0.3) is 0 Å². The number of para-hydroxylation sites is 1. The highest BCUT2D eigenvalue weighted by atomic mass is 16.5. The molecule has 2 N–H and O–H groups in total. The minimum atomic E-state index is -0.472. The van der Waals surface area contributed by atoms with Gasteiger partial charge in [-0.2, -0.15) is 0 Å². The van der Waals surface area contributed by atoms with E-state index in [1.54, 1.807) is 42.5 Å². The molecule has 2 aromatic rings. The zero-order valence-electron chi connectivity index (χ0n) is 13.3. The number of hydrogen-bond acceptors (Lipinski definition) is 4. The van der Waals surface area contributed by atoms with Crippen LogP contribution in [0, 0.1) is 0 Å². The van der Waals surface area contributed by atoms with Crippen LogP contribution in [-0.2, 0) is 0 Å². The molecule has 5 heteroatoms. The number of nitrogens with one attached hydrogen (secondary N) is 1. The average molecular weight is 315 g/mol. The summed E-state index contributed by atoms with van der Waals surface area (Å²) in [4.78, 5) is 12.3. The van der Waals surface area contributed by atoms with E-state index in [1.807, 2.05) is 13.0 Å². The second-order valence-electron chi connectivity index (χ2n) is 5.05. The Labute approximate surface area is 135 Å². The summed E-state index contributed by atoms with van der Waals surface area (Å²) in [5.41, 5.74) is 1.13. The molecule has 122 valence electrons. The second-order valence-corrected chi connectivity index (χ2v) is 5.05. The predicted molar refractivity (Wildman–Crippen MR) is 89.2 cm³/mol. The van der Waals surface area contributed by atoms with Crippen molar-refractivity contribution in [3.05, 3.63) is 54.1 Å². The molecule has 0 aliphatic rings. The zero-order valence-corrected chi connectivity index (χ0v) is 13.3. The summed E-state index contributed by atoms with van der Waals surface area (Å²) in [6.07, 6.45) is 0.174. The summed E-state index contributed by atoms with van der Waals surface area (Å²) in [7, 11) is 1.53. The Morgan fingerprint density at radius 2 is 1.87 bits per heavy atom. The number of carbonyl (C=O) groups is 1. The summed E-state index contributed by atoms with van der Waals surface area (Å²) in [5.74, 6) is 0.934. The largest absolute Gasteiger partial charge is 0.496 e.